The van der Waals surface area contributed by atoms with E-state index in [1.165, 1.54) is 16.9 Å². The fourth-order valence-corrected chi connectivity index (χ4v) is 1.59. The van der Waals surface area contributed by atoms with Crippen molar-refractivity contribution >= 4 is 5.82 Å². The van der Waals surface area contributed by atoms with Gasteiger partial charge in [-0.15, -0.1) is 0 Å². The zero-order chi connectivity index (χ0) is 11.7. The summed E-state index contributed by atoms with van der Waals surface area (Å²) >= 11 is 0. The Morgan fingerprint density at radius 3 is 2.50 bits per heavy atom. The van der Waals surface area contributed by atoms with Gasteiger partial charge in [-0.25, -0.2) is 8.78 Å². The van der Waals surface area contributed by atoms with Gasteiger partial charge in [-0.2, -0.15) is 5.10 Å². The highest BCUT2D eigenvalue weighted by Gasteiger charge is 2.16. The van der Waals surface area contributed by atoms with E-state index < -0.39 is 6.43 Å². The molecule has 0 unspecified atom stereocenters. The predicted molar refractivity (Wildman–Crippen MR) is 58.0 cm³/mol. The first-order chi connectivity index (χ1) is 7.61. The molecule has 0 aliphatic heterocycles. The zero-order valence-electron chi connectivity index (χ0n) is 8.69. The number of aromatic nitrogens is 2. The Morgan fingerprint density at radius 1 is 1.25 bits per heavy atom. The van der Waals surface area contributed by atoms with Crippen molar-refractivity contribution in [3.63, 3.8) is 0 Å². The van der Waals surface area contributed by atoms with Crippen molar-refractivity contribution in [3.8, 4) is 11.1 Å². The first-order valence-electron chi connectivity index (χ1n) is 4.76. The maximum atomic E-state index is 12.8. The lowest BCUT2D eigenvalue weighted by Crippen LogP contribution is -1.99. The van der Waals surface area contributed by atoms with Crippen LogP contribution in [0.3, 0.4) is 0 Å². The lowest BCUT2D eigenvalue weighted by atomic mass is 10.0. The van der Waals surface area contributed by atoms with Crippen LogP contribution in [0, 0.1) is 0 Å². The highest BCUT2D eigenvalue weighted by molar-refractivity contribution is 5.76. The Morgan fingerprint density at radius 2 is 1.94 bits per heavy atom. The fourth-order valence-electron chi connectivity index (χ4n) is 1.59. The molecule has 0 atom stereocenters. The molecule has 2 aromatic rings. The summed E-state index contributed by atoms with van der Waals surface area (Å²) in [6.45, 7) is 0. The van der Waals surface area contributed by atoms with Gasteiger partial charge in [-0.1, -0.05) is 24.3 Å². The van der Waals surface area contributed by atoms with E-state index in [0.717, 1.165) is 0 Å². The van der Waals surface area contributed by atoms with Crippen molar-refractivity contribution in [1.29, 1.82) is 0 Å². The Bertz CT molecular complexity index is 506. The van der Waals surface area contributed by atoms with Crippen LogP contribution in [-0.4, -0.2) is 9.78 Å². The topological polar surface area (TPSA) is 43.8 Å². The van der Waals surface area contributed by atoms with Crippen LogP contribution >= 0.6 is 0 Å². The summed E-state index contributed by atoms with van der Waals surface area (Å²) < 4.78 is 27.0. The summed E-state index contributed by atoms with van der Waals surface area (Å²) in [5, 5.41) is 3.94. The molecular formula is C11H11F2N3. The van der Waals surface area contributed by atoms with Gasteiger partial charge in [0.1, 0.15) is 5.82 Å². The number of alkyl halides is 2. The van der Waals surface area contributed by atoms with Crippen molar-refractivity contribution in [1.82, 2.24) is 9.78 Å². The minimum atomic E-state index is -2.52. The average Bonchev–Trinajstić information content (AvgIpc) is 2.60. The molecule has 1 aromatic carbocycles. The second kappa shape index (κ2) is 3.92. The molecule has 0 bridgehead atoms. The van der Waals surface area contributed by atoms with Gasteiger partial charge < -0.3 is 5.73 Å². The van der Waals surface area contributed by atoms with Gasteiger partial charge in [0.25, 0.3) is 6.43 Å². The van der Waals surface area contributed by atoms with Crippen LogP contribution in [0.1, 0.15) is 12.0 Å². The van der Waals surface area contributed by atoms with E-state index in [-0.39, 0.29) is 5.56 Å². The van der Waals surface area contributed by atoms with Crippen LogP contribution in [0.5, 0.6) is 0 Å². The van der Waals surface area contributed by atoms with E-state index in [2.05, 4.69) is 5.10 Å². The third-order valence-electron chi connectivity index (χ3n) is 2.47. The Kier molecular flexibility index (Phi) is 2.60. The second-order valence-electron chi connectivity index (χ2n) is 3.46. The number of hydrogen-bond donors (Lipinski definition) is 1. The number of hydrogen-bond acceptors (Lipinski definition) is 2. The van der Waals surface area contributed by atoms with E-state index in [1.54, 1.807) is 25.2 Å². The van der Waals surface area contributed by atoms with E-state index >= 15 is 0 Å². The number of halogens is 2. The Hall–Kier alpha value is -1.91. The molecule has 0 amide bonds. The van der Waals surface area contributed by atoms with Gasteiger partial charge in [-0.3, -0.25) is 4.68 Å². The molecule has 16 heavy (non-hydrogen) atoms. The molecule has 3 nitrogen and oxygen atoms in total. The van der Waals surface area contributed by atoms with Crippen molar-refractivity contribution in [2.24, 2.45) is 7.05 Å². The van der Waals surface area contributed by atoms with E-state index in [1.807, 2.05) is 0 Å². The van der Waals surface area contributed by atoms with Gasteiger partial charge in [0.15, 0.2) is 0 Å². The number of aryl methyl sites for hydroxylation is 1. The number of nitrogens with zero attached hydrogens (tertiary/aromatic N) is 2. The van der Waals surface area contributed by atoms with Crippen molar-refractivity contribution in [3.05, 3.63) is 36.0 Å². The minimum absolute atomic E-state index is 0.0257. The Labute approximate surface area is 91.5 Å². The fraction of sp³-hybridized carbons (Fsp3) is 0.182. The average molecular weight is 223 g/mol. The number of nitrogens with two attached hydrogens (primary N) is 1. The summed E-state index contributed by atoms with van der Waals surface area (Å²) in [6, 6.07) is 6.30. The molecule has 0 aliphatic rings. The smallest absolute Gasteiger partial charge is 0.264 e. The third kappa shape index (κ3) is 1.64. The second-order valence-corrected chi connectivity index (χ2v) is 3.46. The van der Waals surface area contributed by atoms with Gasteiger partial charge in [0.2, 0.25) is 0 Å². The normalized spacial score (nSPS) is 11.0. The molecular weight excluding hydrogens is 212 g/mol. The highest BCUT2D eigenvalue weighted by Crippen LogP contribution is 2.33. The van der Waals surface area contributed by atoms with E-state index in [4.69, 9.17) is 5.73 Å². The van der Waals surface area contributed by atoms with E-state index in [9.17, 15) is 8.78 Å². The molecule has 1 heterocycles. The Balaban J connectivity index is 2.60. The minimum Gasteiger partial charge on any atom is -0.383 e. The lowest BCUT2D eigenvalue weighted by Gasteiger charge is -2.07. The van der Waals surface area contributed by atoms with Gasteiger partial charge in [-0.05, 0) is 5.56 Å². The number of rotatable bonds is 2. The summed E-state index contributed by atoms with van der Waals surface area (Å²) in [5.74, 6) is 0.383. The van der Waals surface area contributed by atoms with Crippen LogP contribution in [0.15, 0.2) is 30.5 Å². The lowest BCUT2D eigenvalue weighted by molar-refractivity contribution is 0.152. The van der Waals surface area contributed by atoms with Crippen LogP contribution < -0.4 is 5.73 Å². The standard InChI is InChI=1S/C11H11F2N3/c1-16-11(14)9(6-15-16)7-4-2-3-5-8(7)10(12)13/h2-6,10H,14H2,1H3. The quantitative estimate of drug-likeness (QED) is 0.850. The maximum Gasteiger partial charge on any atom is 0.264 e. The molecule has 0 saturated heterocycles. The maximum absolute atomic E-state index is 12.8. The molecule has 0 radical (unpaired) electrons. The molecule has 0 fully saturated rings. The molecule has 0 aliphatic carbocycles. The van der Waals surface area contributed by atoms with E-state index in [0.29, 0.717) is 16.9 Å². The van der Waals surface area contributed by atoms with Gasteiger partial charge in [0, 0.05) is 18.2 Å². The zero-order valence-corrected chi connectivity index (χ0v) is 8.69. The van der Waals surface area contributed by atoms with Crippen molar-refractivity contribution in [2.75, 3.05) is 5.73 Å². The summed E-state index contributed by atoms with van der Waals surface area (Å²) in [6.07, 6.45) is -1.02. The highest BCUT2D eigenvalue weighted by atomic mass is 19.3. The molecule has 84 valence electrons. The number of benzene rings is 1. The van der Waals surface area contributed by atoms with Crippen LogP contribution in [-0.2, 0) is 7.05 Å². The van der Waals surface area contributed by atoms with Crippen LogP contribution in [0.2, 0.25) is 0 Å². The number of nitrogen functional groups attached to an aromatic ring is 1. The molecule has 2 rings (SSSR count). The largest absolute Gasteiger partial charge is 0.383 e. The first kappa shape index (κ1) is 10.6. The first-order valence-corrected chi connectivity index (χ1v) is 4.76. The molecule has 5 heteroatoms. The van der Waals surface area contributed by atoms with Crippen molar-refractivity contribution < 1.29 is 8.78 Å². The summed E-state index contributed by atoms with van der Waals surface area (Å²) in [4.78, 5) is 0. The van der Waals surface area contributed by atoms with Crippen molar-refractivity contribution in [2.45, 2.75) is 6.43 Å². The SMILES string of the molecule is Cn1ncc(-c2ccccc2C(F)F)c1N. The molecule has 1 aromatic heterocycles. The molecule has 0 spiro atoms. The predicted octanol–water partition coefficient (Wildman–Crippen LogP) is 2.61. The van der Waals surface area contributed by atoms with Gasteiger partial charge >= 0.3 is 0 Å². The van der Waals surface area contributed by atoms with Crippen LogP contribution in [0.4, 0.5) is 14.6 Å². The number of anilines is 1. The van der Waals surface area contributed by atoms with Gasteiger partial charge in [0.05, 0.1) is 6.20 Å². The third-order valence-corrected chi connectivity index (χ3v) is 2.47. The molecule has 0 saturated carbocycles. The monoisotopic (exact) mass is 223 g/mol. The summed E-state index contributed by atoms with van der Waals surface area (Å²) in [5.41, 5.74) is 6.71. The molecule has 2 N–H and O–H groups in total. The summed E-state index contributed by atoms with van der Waals surface area (Å²) in [7, 11) is 1.67. The van der Waals surface area contributed by atoms with Crippen LogP contribution in [0.25, 0.3) is 11.1 Å².